The van der Waals surface area contributed by atoms with Gasteiger partial charge in [0, 0.05) is 5.57 Å². The summed E-state index contributed by atoms with van der Waals surface area (Å²) in [7, 11) is 0. The van der Waals surface area contributed by atoms with Gasteiger partial charge in [0.15, 0.2) is 0 Å². The van der Waals surface area contributed by atoms with Crippen molar-refractivity contribution >= 4 is 45.1 Å². The Bertz CT molecular complexity index is 853. The molecule has 2 aromatic rings. The molecule has 0 unspecified atom stereocenters. The second kappa shape index (κ2) is 6.10. The fourth-order valence-corrected chi connectivity index (χ4v) is 2.85. The van der Waals surface area contributed by atoms with Gasteiger partial charge in [-0.2, -0.15) is 0 Å². The molecular formula is C17H10BrClO4. The molecule has 1 heterocycles. The molecular weight excluding hydrogens is 384 g/mol. The topological polar surface area (TPSA) is 66.8 Å². The fraction of sp³-hybridized carbons (Fsp3) is 0. The van der Waals surface area contributed by atoms with Gasteiger partial charge < -0.3 is 14.9 Å². The Labute approximate surface area is 145 Å². The van der Waals surface area contributed by atoms with Crippen molar-refractivity contribution < 1.29 is 19.7 Å². The van der Waals surface area contributed by atoms with Crippen molar-refractivity contribution in [2.24, 2.45) is 0 Å². The highest BCUT2D eigenvalue weighted by molar-refractivity contribution is 9.12. The number of halogens is 2. The fourth-order valence-electron chi connectivity index (χ4n) is 2.16. The van der Waals surface area contributed by atoms with Gasteiger partial charge in [0.2, 0.25) is 0 Å². The average molecular weight is 394 g/mol. The molecule has 0 aliphatic carbocycles. The van der Waals surface area contributed by atoms with Crippen LogP contribution in [0.15, 0.2) is 52.7 Å². The molecule has 0 radical (unpaired) electrons. The van der Waals surface area contributed by atoms with Crippen LogP contribution in [0.4, 0.5) is 0 Å². The molecule has 0 spiro atoms. The standard InChI is InChI=1S/C17H10BrClO4/c18-16-15(10-3-6-13(21)12(19)8-10)14(23-17(16)22)7-9-1-4-11(20)5-2-9/h1-8,20-21H. The van der Waals surface area contributed by atoms with E-state index in [1.807, 2.05) is 0 Å². The number of hydrogen-bond acceptors (Lipinski definition) is 4. The molecule has 116 valence electrons. The SMILES string of the molecule is O=C1OC(=Cc2ccc(O)cc2)C(c2ccc(O)c(Cl)c2)=C1Br. The normalized spacial score (nSPS) is 16.1. The molecule has 3 rings (SSSR count). The summed E-state index contributed by atoms with van der Waals surface area (Å²) in [5.74, 6) is -0.0391. The van der Waals surface area contributed by atoms with Crippen molar-refractivity contribution in [1.29, 1.82) is 0 Å². The van der Waals surface area contributed by atoms with E-state index in [2.05, 4.69) is 15.9 Å². The highest BCUT2D eigenvalue weighted by Gasteiger charge is 2.29. The van der Waals surface area contributed by atoms with E-state index in [4.69, 9.17) is 16.3 Å². The van der Waals surface area contributed by atoms with Crippen molar-refractivity contribution in [3.63, 3.8) is 0 Å². The molecule has 0 saturated carbocycles. The molecule has 23 heavy (non-hydrogen) atoms. The van der Waals surface area contributed by atoms with Crippen LogP contribution in [-0.4, -0.2) is 16.2 Å². The first-order valence-corrected chi connectivity index (χ1v) is 7.75. The van der Waals surface area contributed by atoms with Gasteiger partial charge in [-0.3, -0.25) is 0 Å². The molecule has 0 saturated heterocycles. The predicted molar refractivity (Wildman–Crippen MR) is 91.1 cm³/mol. The van der Waals surface area contributed by atoms with Crippen molar-refractivity contribution in [2.75, 3.05) is 0 Å². The monoisotopic (exact) mass is 392 g/mol. The summed E-state index contributed by atoms with van der Waals surface area (Å²) in [6.45, 7) is 0. The molecule has 2 aromatic carbocycles. The summed E-state index contributed by atoms with van der Waals surface area (Å²) in [6, 6.07) is 11.1. The number of rotatable bonds is 2. The van der Waals surface area contributed by atoms with Crippen molar-refractivity contribution in [2.45, 2.75) is 0 Å². The van der Waals surface area contributed by atoms with Crippen molar-refractivity contribution in [3.8, 4) is 11.5 Å². The molecule has 0 amide bonds. The number of carbonyl (C=O) groups is 1. The quantitative estimate of drug-likeness (QED) is 0.740. The van der Waals surface area contributed by atoms with Crippen LogP contribution in [0, 0.1) is 0 Å². The second-order valence-electron chi connectivity index (χ2n) is 4.84. The van der Waals surface area contributed by atoms with Gasteiger partial charge in [0.05, 0.1) is 5.02 Å². The summed E-state index contributed by atoms with van der Waals surface area (Å²) in [6.07, 6.45) is 1.68. The maximum atomic E-state index is 11.9. The Morgan fingerprint density at radius 2 is 1.78 bits per heavy atom. The number of hydrogen-bond donors (Lipinski definition) is 2. The summed E-state index contributed by atoms with van der Waals surface area (Å²) < 4.78 is 5.56. The number of benzene rings is 2. The zero-order valence-electron chi connectivity index (χ0n) is 11.6. The molecule has 2 N–H and O–H groups in total. The predicted octanol–water partition coefficient (Wildman–Crippen LogP) is 4.46. The lowest BCUT2D eigenvalue weighted by molar-refractivity contribution is -0.132. The minimum atomic E-state index is -0.505. The number of esters is 1. The number of ether oxygens (including phenoxy) is 1. The third kappa shape index (κ3) is 3.11. The first-order chi connectivity index (χ1) is 11.0. The lowest BCUT2D eigenvalue weighted by atomic mass is 10.0. The largest absolute Gasteiger partial charge is 0.508 e. The first-order valence-electron chi connectivity index (χ1n) is 6.57. The van der Waals surface area contributed by atoms with Crippen LogP contribution in [0.2, 0.25) is 5.02 Å². The van der Waals surface area contributed by atoms with Gasteiger partial charge in [0.25, 0.3) is 0 Å². The van der Waals surface area contributed by atoms with Crippen LogP contribution in [0.5, 0.6) is 11.5 Å². The number of cyclic esters (lactones) is 1. The van der Waals surface area contributed by atoms with Gasteiger partial charge in [0.1, 0.15) is 21.7 Å². The van der Waals surface area contributed by atoms with E-state index in [1.54, 1.807) is 42.5 Å². The van der Waals surface area contributed by atoms with Gasteiger partial charge in [-0.25, -0.2) is 4.79 Å². The molecule has 0 bridgehead atoms. The maximum absolute atomic E-state index is 11.9. The molecule has 1 aliphatic heterocycles. The van der Waals surface area contributed by atoms with Crippen LogP contribution in [0.1, 0.15) is 11.1 Å². The van der Waals surface area contributed by atoms with E-state index >= 15 is 0 Å². The molecule has 0 fully saturated rings. The highest BCUT2D eigenvalue weighted by atomic mass is 79.9. The second-order valence-corrected chi connectivity index (χ2v) is 6.05. The van der Waals surface area contributed by atoms with E-state index in [0.717, 1.165) is 5.56 Å². The van der Waals surface area contributed by atoms with Gasteiger partial charge in [-0.1, -0.05) is 29.8 Å². The molecule has 0 aromatic heterocycles. The highest BCUT2D eigenvalue weighted by Crippen LogP contribution is 2.40. The Kier molecular flexibility index (Phi) is 4.15. The van der Waals surface area contributed by atoms with E-state index in [1.165, 1.54) is 6.07 Å². The van der Waals surface area contributed by atoms with E-state index < -0.39 is 5.97 Å². The third-order valence-corrected chi connectivity index (χ3v) is 4.30. The molecule has 0 atom stereocenters. The smallest absolute Gasteiger partial charge is 0.351 e. The van der Waals surface area contributed by atoms with Crippen LogP contribution < -0.4 is 0 Å². The Morgan fingerprint density at radius 1 is 1.09 bits per heavy atom. The average Bonchev–Trinajstić information content (AvgIpc) is 2.79. The molecule has 4 nitrogen and oxygen atoms in total. The minimum absolute atomic E-state index is 0.0403. The zero-order chi connectivity index (χ0) is 16.6. The van der Waals surface area contributed by atoms with Crippen LogP contribution >= 0.6 is 27.5 Å². The Balaban J connectivity index is 2.08. The summed E-state index contributed by atoms with van der Waals surface area (Å²) >= 11 is 9.17. The van der Waals surface area contributed by atoms with Crippen molar-refractivity contribution in [1.82, 2.24) is 0 Å². The first kappa shape index (κ1) is 15.6. The number of carbonyl (C=O) groups excluding carboxylic acids is 1. The van der Waals surface area contributed by atoms with Gasteiger partial charge in [-0.05, 0) is 57.4 Å². The zero-order valence-corrected chi connectivity index (χ0v) is 13.9. The Morgan fingerprint density at radius 3 is 2.43 bits per heavy atom. The number of phenolic OH excluding ortho intramolecular Hbond substituents is 2. The summed E-state index contributed by atoms with van der Waals surface area (Å²) in [5.41, 5.74) is 1.94. The molecule has 1 aliphatic rings. The number of allylic oxidation sites excluding steroid dienone is 1. The lowest BCUT2D eigenvalue weighted by Crippen LogP contribution is -1.93. The maximum Gasteiger partial charge on any atom is 0.351 e. The number of aromatic hydroxyl groups is 2. The summed E-state index contributed by atoms with van der Waals surface area (Å²) in [4.78, 5) is 11.9. The Hall–Kier alpha value is -2.24. The van der Waals surface area contributed by atoms with Crippen LogP contribution in [-0.2, 0) is 9.53 Å². The van der Waals surface area contributed by atoms with E-state index in [9.17, 15) is 15.0 Å². The molecule has 6 heteroatoms. The third-order valence-electron chi connectivity index (χ3n) is 3.27. The van der Waals surface area contributed by atoms with Crippen LogP contribution in [0.3, 0.4) is 0 Å². The van der Waals surface area contributed by atoms with E-state index in [0.29, 0.717) is 16.9 Å². The van der Waals surface area contributed by atoms with Crippen LogP contribution in [0.25, 0.3) is 11.6 Å². The minimum Gasteiger partial charge on any atom is -0.508 e. The van der Waals surface area contributed by atoms with Crippen molar-refractivity contribution in [3.05, 3.63) is 68.9 Å². The summed E-state index contributed by atoms with van der Waals surface area (Å²) in [5, 5.41) is 19.0. The lowest BCUT2D eigenvalue weighted by Gasteiger charge is -2.07. The van der Waals surface area contributed by atoms with Gasteiger partial charge in [-0.15, -0.1) is 0 Å². The van der Waals surface area contributed by atoms with Gasteiger partial charge >= 0.3 is 5.97 Å². The van der Waals surface area contributed by atoms with E-state index in [-0.39, 0.29) is 21.0 Å². The number of phenols is 2.